The quantitative estimate of drug-likeness (QED) is 0.585. The van der Waals surface area contributed by atoms with Gasteiger partial charge < -0.3 is 4.18 Å². The molecule has 0 atom stereocenters. The van der Waals surface area contributed by atoms with Crippen LogP contribution in [-0.4, -0.2) is 13.9 Å². The molecule has 0 aromatic heterocycles. The fourth-order valence-corrected chi connectivity index (χ4v) is 1.26. The first-order valence-electron chi connectivity index (χ1n) is 3.71. The molecule has 0 spiro atoms. The van der Waals surface area contributed by atoms with Crippen molar-refractivity contribution in [3.05, 3.63) is 29.8 Å². The molecular weight excluding hydrogens is 233 g/mol. The highest BCUT2D eigenvalue weighted by Crippen LogP contribution is 2.28. The molecule has 0 unspecified atom stereocenters. The molecule has 1 radical (unpaired) electrons. The molecule has 3 nitrogen and oxygen atoms in total. The van der Waals surface area contributed by atoms with Gasteiger partial charge in [-0.2, -0.15) is 21.6 Å². The number of benzene rings is 1. The van der Waals surface area contributed by atoms with Crippen molar-refractivity contribution in [2.24, 2.45) is 0 Å². The van der Waals surface area contributed by atoms with Crippen LogP contribution >= 0.6 is 0 Å². The second-order valence-corrected chi connectivity index (χ2v) is 4.21. The summed E-state index contributed by atoms with van der Waals surface area (Å²) in [4.78, 5) is 0. The summed E-state index contributed by atoms with van der Waals surface area (Å²) in [5.74, 6) is -0.380. The van der Waals surface area contributed by atoms with Crippen molar-refractivity contribution in [1.82, 2.24) is 0 Å². The summed E-state index contributed by atoms with van der Waals surface area (Å²) in [6.45, 7) is 1.43. The van der Waals surface area contributed by atoms with Crippen LogP contribution in [0.4, 0.5) is 13.2 Å². The van der Waals surface area contributed by atoms with Gasteiger partial charge >= 0.3 is 15.6 Å². The topological polar surface area (TPSA) is 43.4 Å². The minimum absolute atomic E-state index is 0.279. The SMILES string of the molecule is Cc1cc[c]cc1OS(=O)(=O)C(F)(F)F. The molecule has 1 aromatic carbocycles. The summed E-state index contributed by atoms with van der Waals surface area (Å²) in [6.07, 6.45) is 0. The van der Waals surface area contributed by atoms with Crippen molar-refractivity contribution < 1.29 is 25.8 Å². The molecule has 0 bridgehead atoms. The summed E-state index contributed by atoms with van der Waals surface area (Å²) >= 11 is 0. The Balaban J connectivity index is 3.03. The average molecular weight is 239 g/mol. The lowest BCUT2D eigenvalue weighted by Gasteiger charge is -2.10. The van der Waals surface area contributed by atoms with Gasteiger partial charge in [-0.05, 0) is 24.6 Å². The highest BCUT2D eigenvalue weighted by Gasteiger charge is 2.48. The van der Waals surface area contributed by atoms with Crippen LogP contribution in [0.15, 0.2) is 18.2 Å². The Bertz CT molecular complexity index is 450. The summed E-state index contributed by atoms with van der Waals surface area (Å²) in [5.41, 5.74) is -5.14. The van der Waals surface area contributed by atoms with E-state index in [-0.39, 0.29) is 11.3 Å². The van der Waals surface area contributed by atoms with E-state index in [1.165, 1.54) is 19.1 Å². The molecule has 1 aromatic rings. The van der Waals surface area contributed by atoms with Gasteiger partial charge in [-0.3, -0.25) is 0 Å². The number of aryl methyl sites for hydroxylation is 1. The van der Waals surface area contributed by atoms with E-state index in [0.29, 0.717) is 0 Å². The smallest absolute Gasteiger partial charge is 0.376 e. The van der Waals surface area contributed by atoms with Crippen molar-refractivity contribution in [2.75, 3.05) is 0 Å². The van der Waals surface area contributed by atoms with E-state index in [0.717, 1.165) is 6.07 Å². The monoisotopic (exact) mass is 239 g/mol. The molecule has 83 valence electrons. The highest BCUT2D eigenvalue weighted by atomic mass is 32.2. The second kappa shape index (κ2) is 3.73. The summed E-state index contributed by atoms with van der Waals surface area (Å²) in [7, 11) is -5.59. The first-order valence-corrected chi connectivity index (χ1v) is 5.12. The Kier molecular flexibility index (Phi) is 2.94. The van der Waals surface area contributed by atoms with Crippen molar-refractivity contribution in [2.45, 2.75) is 12.4 Å². The van der Waals surface area contributed by atoms with Crippen LogP contribution in [0.1, 0.15) is 5.56 Å². The van der Waals surface area contributed by atoms with E-state index >= 15 is 0 Å². The van der Waals surface area contributed by atoms with Gasteiger partial charge in [0, 0.05) is 0 Å². The van der Waals surface area contributed by atoms with Crippen LogP contribution in [0.2, 0.25) is 0 Å². The van der Waals surface area contributed by atoms with Crippen molar-refractivity contribution in [3.8, 4) is 5.75 Å². The third kappa shape index (κ3) is 2.62. The molecule has 0 saturated carbocycles. The third-order valence-corrected chi connectivity index (χ3v) is 2.48. The molecule has 0 fully saturated rings. The maximum Gasteiger partial charge on any atom is 0.534 e. The Hall–Kier alpha value is -1.24. The Morgan fingerprint density at radius 2 is 2.00 bits per heavy atom. The van der Waals surface area contributed by atoms with Gasteiger partial charge in [0.1, 0.15) is 5.75 Å². The van der Waals surface area contributed by atoms with Gasteiger partial charge in [-0.25, -0.2) is 0 Å². The molecule has 0 aliphatic rings. The van der Waals surface area contributed by atoms with Gasteiger partial charge in [0.25, 0.3) is 0 Å². The number of rotatable bonds is 2. The number of alkyl halides is 3. The number of hydrogen-bond acceptors (Lipinski definition) is 3. The fourth-order valence-electron chi connectivity index (χ4n) is 0.748. The molecule has 0 heterocycles. The zero-order valence-electron chi connectivity index (χ0n) is 7.50. The Morgan fingerprint density at radius 3 is 2.47 bits per heavy atom. The maximum atomic E-state index is 11.9. The van der Waals surface area contributed by atoms with Crippen LogP contribution in [-0.2, 0) is 10.1 Å². The molecular formula is C8H6F3O3S. The van der Waals surface area contributed by atoms with Crippen LogP contribution in [0, 0.1) is 13.0 Å². The molecule has 0 aliphatic heterocycles. The normalized spacial score (nSPS) is 12.5. The molecule has 0 saturated heterocycles. The van der Waals surface area contributed by atoms with Crippen LogP contribution in [0.3, 0.4) is 0 Å². The first kappa shape index (κ1) is 11.8. The summed E-state index contributed by atoms with van der Waals surface area (Å²) in [6, 6.07) is 6.27. The maximum absolute atomic E-state index is 11.9. The first-order chi connectivity index (χ1) is 6.74. The zero-order chi connectivity index (χ0) is 11.7. The molecule has 0 amide bonds. The van der Waals surface area contributed by atoms with Gasteiger partial charge in [0.15, 0.2) is 0 Å². The van der Waals surface area contributed by atoms with E-state index in [9.17, 15) is 21.6 Å². The lowest BCUT2D eigenvalue weighted by Crippen LogP contribution is -2.28. The third-order valence-electron chi connectivity index (χ3n) is 1.52. The van der Waals surface area contributed by atoms with E-state index in [2.05, 4.69) is 10.2 Å². The highest BCUT2D eigenvalue weighted by molar-refractivity contribution is 7.88. The van der Waals surface area contributed by atoms with E-state index in [1.807, 2.05) is 0 Å². The molecule has 0 aliphatic carbocycles. The minimum atomic E-state index is -5.59. The largest absolute Gasteiger partial charge is 0.534 e. The van der Waals surface area contributed by atoms with E-state index in [1.54, 1.807) is 0 Å². The van der Waals surface area contributed by atoms with E-state index < -0.39 is 15.6 Å². The zero-order valence-corrected chi connectivity index (χ0v) is 8.32. The second-order valence-electron chi connectivity index (χ2n) is 2.67. The van der Waals surface area contributed by atoms with Gasteiger partial charge in [-0.15, -0.1) is 0 Å². The van der Waals surface area contributed by atoms with Crippen LogP contribution in [0.25, 0.3) is 0 Å². The predicted molar refractivity (Wildman–Crippen MR) is 45.6 cm³/mol. The summed E-state index contributed by atoms with van der Waals surface area (Å²) in [5, 5.41) is 0. The lowest BCUT2D eigenvalue weighted by atomic mass is 10.2. The van der Waals surface area contributed by atoms with Gasteiger partial charge in [0.05, 0.1) is 0 Å². The van der Waals surface area contributed by atoms with Gasteiger partial charge in [0.2, 0.25) is 0 Å². The Morgan fingerprint density at radius 1 is 1.40 bits per heavy atom. The molecule has 15 heavy (non-hydrogen) atoms. The van der Waals surface area contributed by atoms with Gasteiger partial charge in [-0.1, -0.05) is 12.1 Å². The van der Waals surface area contributed by atoms with Crippen LogP contribution in [0.5, 0.6) is 5.75 Å². The van der Waals surface area contributed by atoms with E-state index in [4.69, 9.17) is 0 Å². The van der Waals surface area contributed by atoms with Crippen molar-refractivity contribution >= 4 is 10.1 Å². The molecule has 0 N–H and O–H groups in total. The Labute approximate surface area is 84.6 Å². The number of hydrogen-bond donors (Lipinski definition) is 0. The minimum Gasteiger partial charge on any atom is -0.376 e. The number of halogens is 3. The predicted octanol–water partition coefficient (Wildman–Crippen LogP) is 2.02. The fraction of sp³-hybridized carbons (Fsp3) is 0.250. The standard InChI is InChI=1S/C8H6F3O3S/c1-6-4-2-3-5-7(6)14-15(12,13)8(9,10)11/h2,4-5H,1H3. The summed E-state index contributed by atoms with van der Waals surface area (Å²) < 4.78 is 60.9. The molecule has 7 heteroatoms. The van der Waals surface area contributed by atoms with Crippen molar-refractivity contribution in [1.29, 1.82) is 0 Å². The van der Waals surface area contributed by atoms with Crippen molar-refractivity contribution in [3.63, 3.8) is 0 Å². The molecule has 1 rings (SSSR count). The lowest BCUT2D eigenvalue weighted by molar-refractivity contribution is -0.0500. The average Bonchev–Trinajstić information content (AvgIpc) is 2.06. The van der Waals surface area contributed by atoms with Crippen LogP contribution < -0.4 is 4.18 Å².